The zero-order chi connectivity index (χ0) is 14.3. The van der Waals surface area contributed by atoms with Crippen molar-refractivity contribution in [3.63, 3.8) is 0 Å². The molecule has 0 radical (unpaired) electrons. The van der Waals surface area contributed by atoms with E-state index >= 15 is 0 Å². The van der Waals surface area contributed by atoms with Crippen LogP contribution < -0.4 is 16.0 Å². The van der Waals surface area contributed by atoms with Crippen molar-refractivity contribution in [1.29, 1.82) is 0 Å². The van der Waals surface area contributed by atoms with Crippen LogP contribution in [-0.2, 0) is 0 Å². The van der Waals surface area contributed by atoms with Gasteiger partial charge < -0.3 is 4.74 Å². The topological polar surface area (TPSA) is 64.1 Å². The molecule has 1 N–H and O–H groups in total. The normalized spacial score (nSPS) is 10.9. The fourth-order valence-corrected chi connectivity index (χ4v) is 2.82. The summed E-state index contributed by atoms with van der Waals surface area (Å²) in [5.41, 5.74) is -0.416. The molecule has 0 saturated heterocycles. The van der Waals surface area contributed by atoms with Crippen molar-refractivity contribution in [2.45, 2.75) is 0 Å². The number of aromatic nitrogens is 2. The molecule has 3 aromatic rings. The first-order valence-electron chi connectivity index (χ1n) is 5.68. The van der Waals surface area contributed by atoms with E-state index < -0.39 is 17.1 Å². The number of hydrogen-bond donors (Lipinski definition) is 1. The summed E-state index contributed by atoms with van der Waals surface area (Å²) in [6.45, 7) is 0. The highest BCUT2D eigenvalue weighted by Gasteiger charge is 2.14. The Labute approximate surface area is 115 Å². The van der Waals surface area contributed by atoms with E-state index in [9.17, 15) is 14.0 Å². The van der Waals surface area contributed by atoms with Crippen molar-refractivity contribution in [2.75, 3.05) is 7.11 Å². The summed E-state index contributed by atoms with van der Waals surface area (Å²) >= 11 is 1.21. The molecule has 0 aliphatic rings. The molecule has 2 aromatic heterocycles. The van der Waals surface area contributed by atoms with E-state index in [-0.39, 0.29) is 5.69 Å². The molecular weight excluding hydrogens is 283 g/mol. The maximum absolute atomic E-state index is 13.5. The maximum atomic E-state index is 13.5. The van der Waals surface area contributed by atoms with Gasteiger partial charge in [0.25, 0.3) is 5.56 Å². The molecular formula is C13H9FN2O3S. The Balaban J connectivity index is 2.47. The number of hydrogen-bond acceptors (Lipinski definition) is 4. The first-order chi connectivity index (χ1) is 9.61. The van der Waals surface area contributed by atoms with E-state index in [1.165, 1.54) is 41.2 Å². The van der Waals surface area contributed by atoms with Crippen LogP contribution in [0.3, 0.4) is 0 Å². The minimum absolute atomic E-state index is 0.247. The molecule has 102 valence electrons. The molecule has 7 heteroatoms. The predicted octanol–water partition coefficient (Wildman–Crippen LogP) is 1.89. The molecule has 3 rings (SSSR count). The molecule has 5 nitrogen and oxygen atoms in total. The van der Waals surface area contributed by atoms with Gasteiger partial charge in [-0.25, -0.2) is 9.18 Å². The van der Waals surface area contributed by atoms with E-state index in [4.69, 9.17) is 4.74 Å². The van der Waals surface area contributed by atoms with Crippen molar-refractivity contribution < 1.29 is 9.13 Å². The van der Waals surface area contributed by atoms with Crippen LogP contribution >= 0.6 is 11.3 Å². The van der Waals surface area contributed by atoms with Gasteiger partial charge in [-0.3, -0.25) is 14.3 Å². The fourth-order valence-electron chi connectivity index (χ4n) is 2.04. The Morgan fingerprint density at radius 1 is 1.30 bits per heavy atom. The highest BCUT2D eigenvalue weighted by Crippen LogP contribution is 2.26. The van der Waals surface area contributed by atoms with Gasteiger partial charge in [0, 0.05) is 6.07 Å². The van der Waals surface area contributed by atoms with Gasteiger partial charge in [-0.15, -0.1) is 11.3 Å². The summed E-state index contributed by atoms with van der Waals surface area (Å²) < 4.78 is 20.2. The first-order valence-corrected chi connectivity index (χ1v) is 6.56. The SMILES string of the molecule is COc1ccc(F)cc1-n1c(=O)[nH]c(=O)c2sccc21. The number of H-pyrrole nitrogens is 1. The zero-order valence-electron chi connectivity index (χ0n) is 10.3. The highest BCUT2D eigenvalue weighted by molar-refractivity contribution is 7.17. The summed E-state index contributed by atoms with van der Waals surface area (Å²) in [5.74, 6) is -0.157. The molecule has 0 atom stereocenters. The Hall–Kier alpha value is -2.41. The van der Waals surface area contributed by atoms with E-state index in [1.807, 2.05) is 0 Å². The summed E-state index contributed by atoms with van der Waals surface area (Å²) in [5, 5.41) is 1.70. The van der Waals surface area contributed by atoms with Crippen LogP contribution in [0.5, 0.6) is 5.75 Å². The van der Waals surface area contributed by atoms with Gasteiger partial charge in [0.2, 0.25) is 0 Å². The Bertz CT molecular complexity index is 910. The fraction of sp³-hybridized carbons (Fsp3) is 0.0769. The monoisotopic (exact) mass is 292 g/mol. The smallest absolute Gasteiger partial charge is 0.333 e. The van der Waals surface area contributed by atoms with E-state index in [0.717, 1.165) is 0 Å². The second-order valence-corrected chi connectivity index (χ2v) is 4.96. The molecule has 0 bridgehead atoms. The van der Waals surface area contributed by atoms with Gasteiger partial charge in [0.1, 0.15) is 16.3 Å². The number of benzene rings is 1. The second kappa shape index (κ2) is 4.61. The van der Waals surface area contributed by atoms with Crippen molar-refractivity contribution in [3.8, 4) is 11.4 Å². The number of thiophene rings is 1. The lowest BCUT2D eigenvalue weighted by atomic mass is 10.2. The molecule has 0 unspecified atom stereocenters. The lowest BCUT2D eigenvalue weighted by molar-refractivity contribution is 0.411. The predicted molar refractivity (Wildman–Crippen MR) is 74.6 cm³/mol. The molecule has 20 heavy (non-hydrogen) atoms. The Morgan fingerprint density at radius 3 is 2.85 bits per heavy atom. The standard InChI is InChI=1S/C13H9FN2O3S/c1-19-10-3-2-7(14)6-9(10)16-8-4-5-20-11(8)12(17)15-13(16)18/h2-6H,1H3,(H,15,17,18). The molecule has 0 fully saturated rings. The third-order valence-corrected chi connectivity index (χ3v) is 3.80. The van der Waals surface area contributed by atoms with Gasteiger partial charge in [0.05, 0.1) is 18.3 Å². The van der Waals surface area contributed by atoms with Crippen LogP contribution in [0.4, 0.5) is 4.39 Å². The molecule has 0 aliphatic carbocycles. The molecule has 2 heterocycles. The van der Waals surface area contributed by atoms with Crippen LogP contribution in [0.2, 0.25) is 0 Å². The first kappa shape index (κ1) is 12.6. The third kappa shape index (κ3) is 1.83. The average molecular weight is 292 g/mol. The van der Waals surface area contributed by atoms with E-state index in [2.05, 4.69) is 4.98 Å². The number of ether oxygens (including phenoxy) is 1. The van der Waals surface area contributed by atoms with E-state index in [1.54, 1.807) is 11.4 Å². The Morgan fingerprint density at radius 2 is 2.10 bits per heavy atom. The zero-order valence-corrected chi connectivity index (χ0v) is 11.2. The third-order valence-electron chi connectivity index (χ3n) is 2.90. The number of fused-ring (bicyclic) bond motifs is 1. The van der Waals surface area contributed by atoms with Gasteiger partial charge in [0.15, 0.2) is 0 Å². The van der Waals surface area contributed by atoms with E-state index in [0.29, 0.717) is 16.0 Å². The molecule has 0 amide bonds. The number of halogens is 1. The van der Waals surface area contributed by atoms with Gasteiger partial charge in [-0.2, -0.15) is 0 Å². The van der Waals surface area contributed by atoms with Crippen LogP contribution in [0.25, 0.3) is 15.9 Å². The van der Waals surface area contributed by atoms with Crippen molar-refractivity contribution in [3.05, 3.63) is 56.3 Å². The number of nitrogens with one attached hydrogen (secondary N) is 1. The minimum Gasteiger partial charge on any atom is -0.495 e. The summed E-state index contributed by atoms with van der Waals surface area (Å²) in [6, 6.07) is 5.50. The number of aromatic amines is 1. The van der Waals surface area contributed by atoms with Crippen molar-refractivity contribution in [1.82, 2.24) is 9.55 Å². The quantitative estimate of drug-likeness (QED) is 0.784. The lowest BCUT2D eigenvalue weighted by Crippen LogP contribution is -2.28. The number of rotatable bonds is 2. The van der Waals surface area contributed by atoms with Gasteiger partial charge in [-0.05, 0) is 23.6 Å². The summed E-state index contributed by atoms with van der Waals surface area (Å²) in [7, 11) is 1.43. The van der Waals surface area contributed by atoms with Crippen LogP contribution in [0.1, 0.15) is 0 Å². The number of nitrogens with zero attached hydrogens (tertiary/aromatic N) is 1. The lowest BCUT2D eigenvalue weighted by Gasteiger charge is -2.11. The van der Waals surface area contributed by atoms with Crippen LogP contribution in [0.15, 0.2) is 39.2 Å². The van der Waals surface area contributed by atoms with Crippen molar-refractivity contribution in [2.24, 2.45) is 0 Å². The number of methoxy groups -OCH3 is 1. The van der Waals surface area contributed by atoms with Gasteiger partial charge in [-0.1, -0.05) is 0 Å². The molecule has 0 spiro atoms. The second-order valence-electron chi connectivity index (χ2n) is 4.05. The Kier molecular flexibility index (Phi) is 2.90. The summed E-state index contributed by atoms with van der Waals surface area (Å²) in [6.07, 6.45) is 0. The van der Waals surface area contributed by atoms with Crippen molar-refractivity contribution >= 4 is 21.6 Å². The highest BCUT2D eigenvalue weighted by atomic mass is 32.1. The molecule has 1 aromatic carbocycles. The summed E-state index contributed by atoms with van der Waals surface area (Å²) in [4.78, 5) is 26.0. The minimum atomic E-state index is -0.634. The van der Waals surface area contributed by atoms with Crippen LogP contribution in [-0.4, -0.2) is 16.7 Å². The van der Waals surface area contributed by atoms with Crippen LogP contribution in [0, 0.1) is 5.82 Å². The molecule has 0 aliphatic heterocycles. The molecule has 0 saturated carbocycles. The largest absolute Gasteiger partial charge is 0.495 e. The maximum Gasteiger partial charge on any atom is 0.333 e. The van der Waals surface area contributed by atoms with Gasteiger partial charge >= 0.3 is 5.69 Å². The average Bonchev–Trinajstić information content (AvgIpc) is 2.88.